The first-order valence-corrected chi connectivity index (χ1v) is 7.89. The largest absolute Gasteiger partial charge is 0.353 e. The maximum atomic E-state index is 12.1. The predicted octanol–water partition coefficient (Wildman–Crippen LogP) is 2.35. The van der Waals surface area contributed by atoms with Gasteiger partial charge in [-0.2, -0.15) is 0 Å². The Balaban J connectivity index is 0.00000192. The molecular formula is C16H22ClN3O3. The summed E-state index contributed by atoms with van der Waals surface area (Å²) in [6.45, 7) is 0. The second kappa shape index (κ2) is 7.75. The highest BCUT2D eigenvalue weighted by Crippen LogP contribution is 2.26. The number of piperidine rings is 1. The van der Waals surface area contributed by atoms with Gasteiger partial charge in [-0.3, -0.25) is 14.9 Å². The molecule has 0 radical (unpaired) electrons. The van der Waals surface area contributed by atoms with Crippen LogP contribution in [0, 0.1) is 10.1 Å². The Labute approximate surface area is 141 Å². The van der Waals surface area contributed by atoms with Crippen molar-refractivity contribution in [2.45, 2.75) is 56.7 Å². The number of amides is 1. The number of nitro benzene ring substituents is 1. The average molecular weight is 340 g/mol. The number of carbonyl (C=O) groups excluding carboxylic acids is 1. The van der Waals surface area contributed by atoms with Crippen LogP contribution >= 0.6 is 12.4 Å². The summed E-state index contributed by atoms with van der Waals surface area (Å²) in [4.78, 5) is 22.4. The van der Waals surface area contributed by atoms with E-state index in [2.05, 4.69) is 10.6 Å². The van der Waals surface area contributed by atoms with E-state index < -0.39 is 4.92 Å². The number of carbonyl (C=O) groups is 1. The fourth-order valence-corrected chi connectivity index (χ4v) is 3.56. The fourth-order valence-electron chi connectivity index (χ4n) is 3.56. The molecule has 0 spiro atoms. The number of fused-ring (bicyclic) bond motifs is 2. The molecule has 2 unspecified atom stereocenters. The van der Waals surface area contributed by atoms with Crippen molar-refractivity contribution in [2.24, 2.45) is 0 Å². The van der Waals surface area contributed by atoms with Gasteiger partial charge in [-0.05, 0) is 37.7 Å². The number of nitro groups is 1. The first-order valence-electron chi connectivity index (χ1n) is 7.89. The van der Waals surface area contributed by atoms with Crippen LogP contribution in [-0.4, -0.2) is 29.0 Å². The summed E-state index contributed by atoms with van der Waals surface area (Å²) in [5.74, 6) is 0.0396. The zero-order valence-corrected chi connectivity index (χ0v) is 13.7. The maximum absolute atomic E-state index is 12.1. The van der Waals surface area contributed by atoms with E-state index in [4.69, 9.17) is 0 Å². The van der Waals surface area contributed by atoms with Crippen LogP contribution in [0.3, 0.4) is 0 Å². The molecule has 2 bridgehead atoms. The van der Waals surface area contributed by atoms with Gasteiger partial charge in [0.15, 0.2) is 0 Å². The number of non-ortho nitro benzene ring substituents is 1. The van der Waals surface area contributed by atoms with Crippen LogP contribution in [0.4, 0.5) is 5.69 Å². The molecule has 0 aliphatic carbocycles. The van der Waals surface area contributed by atoms with E-state index in [0.717, 1.165) is 18.4 Å². The van der Waals surface area contributed by atoms with Gasteiger partial charge in [-0.1, -0.05) is 12.1 Å². The van der Waals surface area contributed by atoms with E-state index in [9.17, 15) is 14.9 Å². The van der Waals surface area contributed by atoms with Crippen molar-refractivity contribution >= 4 is 24.0 Å². The third kappa shape index (κ3) is 4.65. The summed E-state index contributed by atoms with van der Waals surface area (Å²) in [5.41, 5.74) is 0.905. The molecule has 126 valence electrons. The smallest absolute Gasteiger partial charge is 0.269 e. The molecule has 3 rings (SSSR count). The standard InChI is InChI=1S/C16H21N3O3.ClH/c20-16(18-14-9-12-5-6-13(10-14)17-12)7-4-11-2-1-3-15(8-11)19(21)22;/h1-3,8,12-14,17H,4-7,9-10H2,(H,18,20);1H. The molecular weight excluding hydrogens is 318 g/mol. The lowest BCUT2D eigenvalue weighted by Crippen LogP contribution is -2.48. The Kier molecular flexibility index (Phi) is 5.96. The topological polar surface area (TPSA) is 84.3 Å². The summed E-state index contributed by atoms with van der Waals surface area (Å²) in [6.07, 6.45) is 5.36. The van der Waals surface area contributed by atoms with Gasteiger partial charge >= 0.3 is 0 Å². The first-order chi connectivity index (χ1) is 10.6. The Hall–Kier alpha value is -1.66. The van der Waals surface area contributed by atoms with Crippen LogP contribution in [0.25, 0.3) is 0 Å². The highest BCUT2D eigenvalue weighted by atomic mass is 35.5. The number of benzene rings is 1. The molecule has 0 saturated carbocycles. The molecule has 23 heavy (non-hydrogen) atoms. The van der Waals surface area contributed by atoms with E-state index in [0.29, 0.717) is 24.9 Å². The molecule has 7 heteroatoms. The number of rotatable bonds is 5. The quantitative estimate of drug-likeness (QED) is 0.637. The monoisotopic (exact) mass is 339 g/mol. The summed E-state index contributed by atoms with van der Waals surface area (Å²) < 4.78 is 0. The van der Waals surface area contributed by atoms with Gasteiger partial charge in [0, 0.05) is 36.7 Å². The maximum Gasteiger partial charge on any atom is 0.269 e. The van der Waals surface area contributed by atoms with E-state index in [1.165, 1.54) is 25.0 Å². The minimum absolute atomic E-state index is 0. The van der Waals surface area contributed by atoms with Gasteiger partial charge in [-0.25, -0.2) is 0 Å². The van der Waals surface area contributed by atoms with E-state index in [1.807, 2.05) is 6.07 Å². The van der Waals surface area contributed by atoms with E-state index >= 15 is 0 Å². The van der Waals surface area contributed by atoms with Gasteiger partial charge < -0.3 is 10.6 Å². The number of nitrogens with one attached hydrogen (secondary N) is 2. The second-order valence-electron chi connectivity index (χ2n) is 6.30. The van der Waals surface area contributed by atoms with Gasteiger partial charge in [0.2, 0.25) is 5.91 Å². The lowest BCUT2D eigenvalue weighted by atomic mass is 9.99. The van der Waals surface area contributed by atoms with Crippen LogP contribution in [0.5, 0.6) is 0 Å². The van der Waals surface area contributed by atoms with Gasteiger partial charge in [0.25, 0.3) is 5.69 Å². The van der Waals surface area contributed by atoms with Crippen LogP contribution in [0.1, 0.15) is 37.7 Å². The van der Waals surface area contributed by atoms with Crippen molar-refractivity contribution in [1.82, 2.24) is 10.6 Å². The molecule has 2 aliphatic rings. The van der Waals surface area contributed by atoms with Gasteiger partial charge in [-0.15, -0.1) is 12.4 Å². The lowest BCUT2D eigenvalue weighted by Gasteiger charge is -2.29. The number of hydrogen-bond donors (Lipinski definition) is 2. The Morgan fingerprint density at radius 3 is 2.65 bits per heavy atom. The normalized spacial score (nSPS) is 25.5. The number of hydrogen-bond acceptors (Lipinski definition) is 4. The molecule has 1 aromatic rings. The van der Waals surface area contributed by atoms with Crippen molar-refractivity contribution in [3.8, 4) is 0 Å². The Morgan fingerprint density at radius 2 is 2.00 bits per heavy atom. The van der Waals surface area contributed by atoms with Crippen LogP contribution in [0.15, 0.2) is 24.3 Å². The van der Waals surface area contributed by atoms with Crippen molar-refractivity contribution < 1.29 is 9.72 Å². The number of aryl methyl sites for hydroxylation is 1. The summed E-state index contributed by atoms with van der Waals surface area (Å²) >= 11 is 0. The Morgan fingerprint density at radius 1 is 1.30 bits per heavy atom. The van der Waals surface area contributed by atoms with Gasteiger partial charge in [0.05, 0.1) is 4.92 Å². The van der Waals surface area contributed by atoms with E-state index in [-0.39, 0.29) is 30.0 Å². The molecule has 1 aromatic carbocycles. The minimum atomic E-state index is -0.408. The average Bonchev–Trinajstić information content (AvgIpc) is 2.84. The molecule has 2 N–H and O–H groups in total. The summed E-state index contributed by atoms with van der Waals surface area (Å²) in [7, 11) is 0. The van der Waals surface area contributed by atoms with Gasteiger partial charge in [0.1, 0.15) is 0 Å². The number of halogens is 1. The summed E-state index contributed by atoms with van der Waals surface area (Å²) in [5, 5.41) is 17.4. The number of nitrogens with zero attached hydrogens (tertiary/aromatic N) is 1. The van der Waals surface area contributed by atoms with Crippen LogP contribution in [0.2, 0.25) is 0 Å². The fraction of sp³-hybridized carbons (Fsp3) is 0.562. The van der Waals surface area contributed by atoms with Crippen molar-refractivity contribution in [3.63, 3.8) is 0 Å². The molecule has 2 atom stereocenters. The molecule has 1 amide bonds. The molecule has 0 aromatic heterocycles. The Bertz CT molecular complexity index is 569. The summed E-state index contributed by atoms with van der Waals surface area (Å²) in [6, 6.07) is 7.88. The molecule has 2 heterocycles. The lowest BCUT2D eigenvalue weighted by molar-refractivity contribution is -0.384. The zero-order chi connectivity index (χ0) is 15.5. The third-order valence-corrected chi connectivity index (χ3v) is 4.60. The molecule has 2 aliphatic heterocycles. The second-order valence-corrected chi connectivity index (χ2v) is 6.30. The van der Waals surface area contributed by atoms with Crippen LogP contribution < -0.4 is 10.6 Å². The highest BCUT2D eigenvalue weighted by Gasteiger charge is 2.33. The zero-order valence-electron chi connectivity index (χ0n) is 12.9. The van der Waals surface area contributed by atoms with Crippen molar-refractivity contribution in [3.05, 3.63) is 39.9 Å². The molecule has 2 saturated heterocycles. The van der Waals surface area contributed by atoms with Crippen LogP contribution in [-0.2, 0) is 11.2 Å². The molecule has 2 fully saturated rings. The SMILES string of the molecule is Cl.O=C(CCc1cccc([N+](=O)[O-])c1)NC1CC2CCC(C1)N2. The minimum Gasteiger partial charge on any atom is -0.353 e. The molecule has 6 nitrogen and oxygen atoms in total. The van der Waals surface area contributed by atoms with Crippen molar-refractivity contribution in [1.29, 1.82) is 0 Å². The van der Waals surface area contributed by atoms with E-state index in [1.54, 1.807) is 6.07 Å². The third-order valence-electron chi connectivity index (χ3n) is 4.60. The van der Waals surface area contributed by atoms with Crippen molar-refractivity contribution in [2.75, 3.05) is 0 Å². The highest BCUT2D eigenvalue weighted by molar-refractivity contribution is 5.85. The predicted molar refractivity (Wildman–Crippen MR) is 89.8 cm³/mol. The first kappa shape index (κ1) is 17.7.